The van der Waals surface area contributed by atoms with E-state index in [0.717, 1.165) is 0 Å². The zero-order valence-corrected chi connectivity index (χ0v) is 12.9. The van der Waals surface area contributed by atoms with E-state index >= 15 is 0 Å². The van der Waals surface area contributed by atoms with Crippen LogP contribution in [0.15, 0.2) is 54.6 Å². The molecule has 0 aliphatic heterocycles. The number of hydrogen-bond acceptors (Lipinski definition) is 0. The van der Waals surface area contributed by atoms with Crippen LogP contribution in [-0.4, -0.2) is 13.3 Å². The Morgan fingerprint density at radius 1 is 1.00 bits per heavy atom. The molecule has 0 saturated heterocycles. The van der Waals surface area contributed by atoms with E-state index in [9.17, 15) is 4.39 Å². The molecule has 0 amide bonds. The van der Waals surface area contributed by atoms with E-state index in [4.69, 9.17) is 0 Å². The van der Waals surface area contributed by atoms with Crippen molar-refractivity contribution < 1.29 is 26.8 Å². The van der Waals surface area contributed by atoms with Crippen LogP contribution >= 0.6 is 7.92 Å². The zero-order chi connectivity index (χ0) is 11.8. The molecule has 0 atom stereocenters. The SMILES string of the molecule is CP(C)c1ccccc1.Fc1c[c-]ccc1.[Au+]. The van der Waals surface area contributed by atoms with Gasteiger partial charge in [0.1, 0.15) is 0 Å². The van der Waals surface area contributed by atoms with Gasteiger partial charge in [0.15, 0.2) is 0 Å². The molecule has 0 unspecified atom stereocenters. The Morgan fingerprint density at radius 2 is 1.65 bits per heavy atom. The number of halogens is 1. The van der Waals surface area contributed by atoms with Crippen molar-refractivity contribution in [2.75, 3.05) is 13.3 Å². The minimum atomic E-state index is -0.234. The molecule has 0 fully saturated rings. The maximum atomic E-state index is 11.9. The van der Waals surface area contributed by atoms with Gasteiger partial charge in [0.25, 0.3) is 0 Å². The summed E-state index contributed by atoms with van der Waals surface area (Å²) in [5, 5.41) is 1.48. The van der Waals surface area contributed by atoms with Gasteiger partial charge >= 0.3 is 22.4 Å². The third-order valence-corrected chi connectivity index (χ3v) is 3.27. The molecule has 0 heterocycles. The van der Waals surface area contributed by atoms with Crippen molar-refractivity contribution >= 4 is 13.2 Å². The number of hydrogen-bond donors (Lipinski definition) is 0. The number of rotatable bonds is 1. The van der Waals surface area contributed by atoms with Crippen molar-refractivity contribution in [2.45, 2.75) is 0 Å². The van der Waals surface area contributed by atoms with Crippen LogP contribution in [-0.2, 0) is 22.4 Å². The van der Waals surface area contributed by atoms with E-state index in [1.807, 2.05) is 0 Å². The average Bonchev–Trinajstić information content (AvgIpc) is 2.32. The first kappa shape index (κ1) is 16.5. The van der Waals surface area contributed by atoms with Crippen LogP contribution in [0.25, 0.3) is 0 Å². The van der Waals surface area contributed by atoms with Crippen LogP contribution in [0, 0.1) is 11.9 Å². The summed E-state index contributed by atoms with van der Waals surface area (Å²) in [6.07, 6.45) is 0. The predicted octanol–water partition coefficient (Wildman–Crippen LogP) is 3.68. The summed E-state index contributed by atoms with van der Waals surface area (Å²) in [5.74, 6) is -0.234. The largest absolute Gasteiger partial charge is 1.00 e. The molecule has 0 bridgehead atoms. The molecule has 0 aliphatic carbocycles. The number of benzene rings is 2. The van der Waals surface area contributed by atoms with Gasteiger partial charge in [-0.3, -0.25) is 4.39 Å². The van der Waals surface area contributed by atoms with Gasteiger partial charge in [-0.15, -0.1) is 12.1 Å². The van der Waals surface area contributed by atoms with Crippen molar-refractivity contribution in [2.24, 2.45) is 0 Å². The van der Waals surface area contributed by atoms with Crippen LogP contribution in [0.4, 0.5) is 4.39 Å². The smallest absolute Gasteiger partial charge is 0.284 e. The Hall–Kier alpha value is -0.460. The molecule has 94 valence electrons. The minimum Gasteiger partial charge on any atom is -0.284 e. The molecule has 0 nitrogen and oxygen atoms in total. The van der Waals surface area contributed by atoms with Gasteiger partial charge in [-0.25, -0.2) is 0 Å². The van der Waals surface area contributed by atoms with Crippen molar-refractivity contribution in [3.05, 3.63) is 66.5 Å². The summed E-state index contributed by atoms with van der Waals surface area (Å²) in [6, 6.07) is 19.1. The Bertz CT molecular complexity index is 389. The van der Waals surface area contributed by atoms with Crippen molar-refractivity contribution in [3.8, 4) is 0 Å². The molecular formula is C14H15AuFP. The molecule has 0 aromatic heterocycles. The van der Waals surface area contributed by atoms with Gasteiger partial charge in [0.2, 0.25) is 0 Å². The van der Waals surface area contributed by atoms with Gasteiger partial charge in [0, 0.05) is 5.82 Å². The first-order chi connectivity index (χ1) is 7.70. The Balaban J connectivity index is 0.000000292. The molecule has 0 saturated carbocycles. The van der Waals surface area contributed by atoms with Gasteiger partial charge in [-0.2, -0.15) is 18.2 Å². The molecule has 2 rings (SSSR count). The molecule has 2 aromatic rings. The van der Waals surface area contributed by atoms with E-state index in [-0.39, 0.29) is 36.1 Å². The molecule has 3 heteroatoms. The summed E-state index contributed by atoms with van der Waals surface area (Å²) in [7, 11) is 0.104. The second kappa shape index (κ2) is 9.56. The minimum absolute atomic E-state index is 0. The molecule has 0 N–H and O–H groups in total. The van der Waals surface area contributed by atoms with Gasteiger partial charge in [0.05, 0.1) is 0 Å². The fourth-order valence-corrected chi connectivity index (χ4v) is 1.87. The van der Waals surface area contributed by atoms with Crippen LogP contribution in [0.1, 0.15) is 0 Å². The second-order valence-corrected chi connectivity index (χ2v) is 5.76. The Morgan fingerprint density at radius 3 is 1.94 bits per heavy atom. The van der Waals surface area contributed by atoms with Crippen molar-refractivity contribution in [1.29, 1.82) is 0 Å². The Labute approximate surface area is 120 Å². The first-order valence-electron chi connectivity index (χ1n) is 5.04. The zero-order valence-electron chi connectivity index (χ0n) is 9.82. The second-order valence-electron chi connectivity index (χ2n) is 3.45. The van der Waals surface area contributed by atoms with Crippen LogP contribution < -0.4 is 5.30 Å². The molecular weight excluding hydrogens is 415 g/mol. The summed E-state index contributed by atoms with van der Waals surface area (Å²) in [4.78, 5) is 0. The van der Waals surface area contributed by atoms with Crippen molar-refractivity contribution in [1.82, 2.24) is 0 Å². The van der Waals surface area contributed by atoms with E-state index < -0.39 is 0 Å². The predicted molar refractivity (Wildman–Crippen MR) is 70.1 cm³/mol. The fourth-order valence-electron chi connectivity index (χ4n) is 1.10. The maximum absolute atomic E-state index is 11.9. The first-order valence-corrected chi connectivity index (χ1v) is 7.28. The summed E-state index contributed by atoms with van der Waals surface area (Å²) in [5.41, 5.74) is 0. The molecule has 0 spiro atoms. The summed E-state index contributed by atoms with van der Waals surface area (Å²) < 4.78 is 11.9. The normalized spacial score (nSPS) is 8.94. The fraction of sp³-hybridized carbons (Fsp3) is 0.143. The standard InChI is InChI=1S/C8H11P.C6H4F.Au/c1-9(2)8-6-4-3-5-7-8;7-6-4-2-1-3-5-6;/h3-7H,1-2H3;1-2,4-5H;/q;-1;+1. The summed E-state index contributed by atoms with van der Waals surface area (Å²) >= 11 is 0. The third-order valence-electron chi connectivity index (χ3n) is 1.94. The van der Waals surface area contributed by atoms with Crippen LogP contribution in [0.3, 0.4) is 0 Å². The van der Waals surface area contributed by atoms with E-state index in [1.165, 1.54) is 17.4 Å². The quantitative estimate of drug-likeness (QED) is 0.368. The van der Waals surface area contributed by atoms with Gasteiger partial charge in [-0.05, 0) is 18.6 Å². The monoisotopic (exact) mass is 430 g/mol. The van der Waals surface area contributed by atoms with Gasteiger partial charge < -0.3 is 0 Å². The average molecular weight is 430 g/mol. The topological polar surface area (TPSA) is 0 Å². The van der Waals surface area contributed by atoms with E-state index in [1.54, 1.807) is 12.1 Å². The van der Waals surface area contributed by atoms with Crippen LogP contribution in [0.5, 0.6) is 0 Å². The molecule has 0 radical (unpaired) electrons. The molecule has 2 aromatic carbocycles. The van der Waals surface area contributed by atoms with Crippen molar-refractivity contribution in [3.63, 3.8) is 0 Å². The third kappa shape index (κ3) is 7.46. The molecule has 0 aliphatic rings. The van der Waals surface area contributed by atoms with Crippen LogP contribution in [0.2, 0.25) is 0 Å². The van der Waals surface area contributed by atoms with E-state index in [0.29, 0.717) is 0 Å². The summed E-state index contributed by atoms with van der Waals surface area (Å²) in [6.45, 7) is 4.54. The van der Waals surface area contributed by atoms with Gasteiger partial charge in [-0.1, -0.05) is 38.3 Å². The molecule has 17 heavy (non-hydrogen) atoms. The van der Waals surface area contributed by atoms with E-state index in [2.05, 4.69) is 49.7 Å². The maximum Gasteiger partial charge on any atom is 1.00 e. The Kier molecular flexibility index (Phi) is 9.30.